The highest BCUT2D eigenvalue weighted by molar-refractivity contribution is 7.18. The highest BCUT2D eigenvalue weighted by Crippen LogP contribution is 2.36. The fraction of sp³-hybridized carbons (Fsp3) is 0.185. The molecule has 2 aromatic heterocycles. The minimum Gasteiger partial charge on any atom is -0.468 e. The number of aryl methyl sites for hydroxylation is 1. The average Bonchev–Trinajstić information content (AvgIpc) is 3.23. The molecule has 0 fully saturated rings. The van der Waals surface area contributed by atoms with E-state index in [1.165, 1.54) is 18.4 Å². The molecule has 0 amide bonds. The second kappa shape index (κ2) is 9.46. The number of pyridine rings is 1. The lowest BCUT2D eigenvalue weighted by molar-refractivity contribution is -0.146. The van der Waals surface area contributed by atoms with Crippen LogP contribution < -0.4 is 0 Å². The number of esters is 1. The van der Waals surface area contributed by atoms with Gasteiger partial charge in [-0.3, -0.25) is 9.78 Å². The molecule has 0 spiro atoms. The van der Waals surface area contributed by atoms with Gasteiger partial charge < -0.3 is 4.74 Å². The summed E-state index contributed by atoms with van der Waals surface area (Å²) in [5.74, 6) is -0.325. The van der Waals surface area contributed by atoms with E-state index in [1.807, 2.05) is 69.3 Å². The first-order valence-electron chi connectivity index (χ1n) is 10.6. The standard InChI is InChI=1S/C27H25N3O2S/c1-18-24(21-15-16-28-22(17-21)27(2,3)25(31)32-4)33-26(29-18)30-23(19-11-7-5-8-12-19)20-13-9-6-10-14-20/h5-17H,1-4H3. The molecule has 4 aromatic rings. The molecule has 0 aliphatic rings. The molecule has 0 atom stereocenters. The van der Waals surface area contributed by atoms with Gasteiger partial charge in [0.25, 0.3) is 0 Å². The van der Waals surface area contributed by atoms with E-state index < -0.39 is 5.41 Å². The number of benzene rings is 2. The van der Waals surface area contributed by atoms with Crippen LogP contribution in [0, 0.1) is 6.92 Å². The number of carbonyl (C=O) groups excluding carboxylic acids is 1. The number of thiazole rings is 1. The van der Waals surface area contributed by atoms with E-state index in [2.05, 4.69) is 29.2 Å². The van der Waals surface area contributed by atoms with Crippen LogP contribution >= 0.6 is 11.3 Å². The zero-order valence-electron chi connectivity index (χ0n) is 19.1. The molecule has 0 unspecified atom stereocenters. The van der Waals surface area contributed by atoms with Gasteiger partial charge in [-0.25, -0.2) is 9.98 Å². The second-order valence-corrected chi connectivity index (χ2v) is 9.13. The Morgan fingerprint density at radius 3 is 2.15 bits per heavy atom. The van der Waals surface area contributed by atoms with Gasteiger partial charge in [0.2, 0.25) is 5.13 Å². The smallest absolute Gasteiger partial charge is 0.317 e. The summed E-state index contributed by atoms with van der Waals surface area (Å²) < 4.78 is 4.96. The first kappa shape index (κ1) is 22.6. The minimum absolute atomic E-state index is 0.325. The number of hydrogen-bond donors (Lipinski definition) is 0. The summed E-state index contributed by atoms with van der Waals surface area (Å²) in [5, 5.41) is 0.677. The number of rotatable bonds is 6. The Hall–Kier alpha value is -3.64. The Morgan fingerprint density at radius 2 is 1.58 bits per heavy atom. The van der Waals surface area contributed by atoms with E-state index in [0.717, 1.165) is 33.0 Å². The molecule has 0 aliphatic carbocycles. The lowest BCUT2D eigenvalue weighted by Crippen LogP contribution is -2.31. The fourth-order valence-corrected chi connectivity index (χ4v) is 4.49. The van der Waals surface area contributed by atoms with Crippen molar-refractivity contribution in [1.29, 1.82) is 0 Å². The fourth-order valence-electron chi connectivity index (χ4n) is 3.55. The largest absolute Gasteiger partial charge is 0.468 e. The van der Waals surface area contributed by atoms with Crippen LogP contribution in [0.15, 0.2) is 84.0 Å². The maximum atomic E-state index is 12.3. The Bertz CT molecular complexity index is 1250. The van der Waals surface area contributed by atoms with Gasteiger partial charge in [-0.1, -0.05) is 72.0 Å². The highest BCUT2D eigenvalue weighted by atomic mass is 32.1. The number of aliphatic imine (C=N–C) groups is 1. The summed E-state index contributed by atoms with van der Waals surface area (Å²) >= 11 is 1.52. The Labute approximate surface area is 197 Å². The third-order valence-corrected chi connectivity index (χ3v) is 6.55. The van der Waals surface area contributed by atoms with Crippen LogP contribution in [0.3, 0.4) is 0 Å². The topological polar surface area (TPSA) is 64.4 Å². The van der Waals surface area contributed by atoms with E-state index >= 15 is 0 Å². The molecule has 0 bridgehead atoms. The predicted octanol–water partition coefficient (Wildman–Crippen LogP) is 6.13. The monoisotopic (exact) mass is 455 g/mol. The zero-order valence-corrected chi connectivity index (χ0v) is 19.9. The second-order valence-electron chi connectivity index (χ2n) is 8.15. The Kier molecular flexibility index (Phi) is 6.47. The third-order valence-electron chi connectivity index (χ3n) is 5.45. The molecule has 0 saturated heterocycles. The summed E-state index contributed by atoms with van der Waals surface area (Å²) in [7, 11) is 1.39. The number of methoxy groups -OCH3 is 1. The molecule has 166 valence electrons. The summed E-state index contributed by atoms with van der Waals surface area (Å²) in [6.07, 6.45) is 1.72. The lowest BCUT2D eigenvalue weighted by Gasteiger charge is -2.21. The SMILES string of the molecule is COC(=O)C(C)(C)c1cc(-c2sc(N=C(c3ccccc3)c3ccccc3)nc2C)ccn1. The van der Waals surface area contributed by atoms with Crippen molar-refractivity contribution in [1.82, 2.24) is 9.97 Å². The van der Waals surface area contributed by atoms with E-state index in [9.17, 15) is 4.79 Å². The van der Waals surface area contributed by atoms with E-state index in [-0.39, 0.29) is 5.97 Å². The van der Waals surface area contributed by atoms with Gasteiger partial charge in [0.1, 0.15) is 5.41 Å². The van der Waals surface area contributed by atoms with Gasteiger partial charge in [0.15, 0.2) is 0 Å². The number of aromatic nitrogens is 2. The lowest BCUT2D eigenvalue weighted by atomic mass is 9.88. The van der Waals surface area contributed by atoms with Crippen molar-refractivity contribution in [3.8, 4) is 10.4 Å². The van der Waals surface area contributed by atoms with Crippen molar-refractivity contribution in [2.24, 2.45) is 4.99 Å². The van der Waals surface area contributed by atoms with Gasteiger partial charge >= 0.3 is 5.97 Å². The predicted molar refractivity (Wildman–Crippen MR) is 133 cm³/mol. The summed E-state index contributed by atoms with van der Waals surface area (Å²) in [4.78, 5) is 27.4. The first-order valence-corrected chi connectivity index (χ1v) is 11.4. The van der Waals surface area contributed by atoms with Gasteiger partial charge in [0.05, 0.1) is 29.1 Å². The number of nitrogens with zero attached hydrogens (tertiary/aromatic N) is 3. The average molecular weight is 456 g/mol. The van der Waals surface area contributed by atoms with Gasteiger partial charge in [0, 0.05) is 17.3 Å². The van der Waals surface area contributed by atoms with Crippen molar-refractivity contribution in [2.75, 3.05) is 7.11 Å². The minimum atomic E-state index is -0.849. The zero-order chi connectivity index (χ0) is 23.4. The third kappa shape index (κ3) is 4.76. The molecule has 0 saturated carbocycles. The molecular formula is C27H25N3O2S. The van der Waals surface area contributed by atoms with Crippen LogP contribution in [0.25, 0.3) is 10.4 Å². The molecule has 4 rings (SSSR count). The van der Waals surface area contributed by atoms with Gasteiger partial charge in [-0.2, -0.15) is 0 Å². The van der Waals surface area contributed by atoms with Crippen molar-refractivity contribution < 1.29 is 9.53 Å². The van der Waals surface area contributed by atoms with Crippen LogP contribution in [0.1, 0.15) is 36.4 Å². The summed E-state index contributed by atoms with van der Waals surface area (Å²) in [6, 6.07) is 24.1. The Balaban J connectivity index is 1.77. The van der Waals surface area contributed by atoms with Crippen molar-refractivity contribution in [3.63, 3.8) is 0 Å². The van der Waals surface area contributed by atoms with Crippen LogP contribution in [0.2, 0.25) is 0 Å². The van der Waals surface area contributed by atoms with Crippen LogP contribution in [0.5, 0.6) is 0 Å². The van der Waals surface area contributed by atoms with E-state index in [4.69, 9.17) is 14.7 Å². The van der Waals surface area contributed by atoms with E-state index in [0.29, 0.717) is 10.8 Å². The molecule has 0 N–H and O–H groups in total. The normalized spacial score (nSPS) is 11.2. The highest BCUT2D eigenvalue weighted by Gasteiger charge is 2.32. The van der Waals surface area contributed by atoms with Crippen LogP contribution in [0.4, 0.5) is 5.13 Å². The maximum Gasteiger partial charge on any atom is 0.317 e. The van der Waals surface area contributed by atoms with Crippen molar-refractivity contribution in [3.05, 3.63) is 102 Å². The molecule has 2 aromatic carbocycles. The molecule has 2 heterocycles. The van der Waals surface area contributed by atoms with Crippen LogP contribution in [-0.4, -0.2) is 28.8 Å². The number of carbonyl (C=O) groups is 1. The maximum absolute atomic E-state index is 12.3. The molecule has 5 nitrogen and oxygen atoms in total. The van der Waals surface area contributed by atoms with E-state index in [1.54, 1.807) is 6.20 Å². The first-order chi connectivity index (χ1) is 15.9. The molecule has 0 radical (unpaired) electrons. The van der Waals surface area contributed by atoms with Crippen molar-refractivity contribution in [2.45, 2.75) is 26.2 Å². The molecular weight excluding hydrogens is 430 g/mol. The van der Waals surface area contributed by atoms with Gasteiger partial charge in [-0.15, -0.1) is 0 Å². The molecule has 33 heavy (non-hydrogen) atoms. The summed E-state index contributed by atoms with van der Waals surface area (Å²) in [6.45, 7) is 5.60. The summed E-state index contributed by atoms with van der Waals surface area (Å²) in [5.41, 5.74) is 4.57. The Morgan fingerprint density at radius 1 is 0.970 bits per heavy atom. The number of ether oxygens (including phenoxy) is 1. The molecule has 0 aliphatic heterocycles. The number of hydrogen-bond acceptors (Lipinski definition) is 6. The van der Waals surface area contributed by atoms with Crippen molar-refractivity contribution >= 4 is 28.1 Å². The quantitative estimate of drug-likeness (QED) is 0.259. The molecule has 6 heteroatoms. The van der Waals surface area contributed by atoms with Gasteiger partial charge in [-0.05, 0) is 38.5 Å². The van der Waals surface area contributed by atoms with Crippen LogP contribution in [-0.2, 0) is 14.9 Å².